The normalized spacial score (nSPS) is 19.2. The molecule has 20 heavy (non-hydrogen) atoms. The minimum atomic E-state index is 0.120. The first kappa shape index (κ1) is 15.3. The molecule has 3 nitrogen and oxygen atoms in total. The maximum Gasteiger partial charge on any atom is 0.118 e. The Kier molecular flexibility index (Phi) is 5.44. The first-order valence-corrected chi connectivity index (χ1v) is 7.71. The number of likely N-dealkylation sites (N-methyl/N-ethyl adjacent to an activating group) is 1. The maximum atomic E-state index is 6.24. The molecule has 2 atom stereocenters. The third-order valence-electron chi connectivity index (χ3n) is 4.45. The zero-order valence-corrected chi connectivity index (χ0v) is 13.0. The molecule has 2 unspecified atom stereocenters. The van der Waals surface area contributed by atoms with Gasteiger partial charge in [-0.3, -0.25) is 4.90 Å². The quantitative estimate of drug-likeness (QED) is 0.867. The average Bonchev–Trinajstić information content (AvgIpc) is 2.92. The van der Waals surface area contributed by atoms with Crippen LogP contribution in [0, 0.1) is 5.92 Å². The van der Waals surface area contributed by atoms with Gasteiger partial charge in [-0.25, -0.2) is 0 Å². The van der Waals surface area contributed by atoms with Crippen LogP contribution < -0.4 is 10.5 Å². The van der Waals surface area contributed by atoms with Gasteiger partial charge in [-0.1, -0.05) is 25.0 Å². The monoisotopic (exact) mass is 276 g/mol. The van der Waals surface area contributed by atoms with Crippen LogP contribution in [0.2, 0.25) is 0 Å². The minimum absolute atomic E-state index is 0.120. The third kappa shape index (κ3) is 3.74. The predicted molar refractivity (Wildman–Crippen MR) is 84.0 cm³/mol. The molecule has 1 aromatic carbocycles. The molecule has 1 aliphatic carbocycles. The van der Waals surface area contributed by atoms with Gasteiger partial charge in [0.15, 0.2) is 0 Å². The number of nitrogens with zero attached hydrogens (tertiary/aromatic N) is 1. The van der Waals surface area contributed by atoms with Crippen molar-refractivity contribution in [2.75, 3.05) is 20.7 Å². The Bertz CT molecular complexity index is 396. The summed E-state index contributed by atoms with van der Waals surface area (Å²) in [5.41, 5.74) is 7.52. The van der Waals surface area contributed by atoms with Gasteiger partial charge in [-0.2, -0.15) is 0 Å². The van der Waals surface area contributed by atoms with E-state index >= 15 is 0 Å². The highest BCUT2D eigenvalue weighted by Crippen LogP contribution is 2.30. The molecule has 1 aromatic rings. The first-order valence-electron chi connectivity index (χ1n) is 7.71. The molecule has 0 bridgehead atoms. The molecule has 0 amide bonds. The van der Waals surface area contributed by atoms with Gasteiger partial charge in [0.25, 0.3) is 0 Å². The Labute approximate surface area is 123 Å². The number of hydrogen-bond donors (Lipinski definition) is 1. The van der Waals surface area contributed by atoms with Gasteiger partial charge >= 0.3 is 0 Å². The van der Waals surface area contributed by atoms with Crippen molar-refractivity contribution in [2.24, 2.45) is 11.7 Å². The Balaban J connectivity index is 2.07. The van der Waals surface area contributed by atoms with Crippen LogP contribution in [0.15, 0.2) is 24.3 Å². The van der Waals surface area contributed by atoms with E-state index in [4.69, 9.17) is 10.5 Å². The van der Waals surface area contributed by atoms with Crippen LogP contribution in [0.25, 0.3) is 0 Å². The van der Waals surface area contributed by atoms with Crippen LogP contribution in [-0.4, -0.2) is 31.6 Å². The summed E-state index contributed by atoms with van der Waals surface area (Å²) in [7, 11) is 3.90. The second kappa shape index (κ2) is 7.09. The van der Waals surface area contributed by atoms with Crippen LogP contribution in [0.3, 0.4) is 0 Å². The predicted octanol–water partition coefficient (Wildman–Crippen LogP) is 3.21. The van der Waals surface area contributed by atoms with Gasteiger partial charge in [0, 0.05) is 18.6 Å². The van der Waals surface area contributed by atoms with Gasteiger partial charge < -0.3 is 10.5 Å². The van der Waals surface area contributed by atoms with Crippen molar-refractivity contribution in [2.45, 2.75) is 44.7 Å². The number of ether oxygens (including phenoxy) is 1. The number of nitrogens with two attached hydrogens (primary N) is 1. The maximum absolute atomic E-state index is 6.24. The molecule has 0 heterocycles. The molecule has 0 aromatic heterocycles. The molecule has 0 aliphatic heterocycles. The molecular weight excluding hydrogens is 248 g/mol. The van der Waals surface area contributed by atoms with Crippen molar-refractivity contribution in [3.63, 3.8) is 0 Å². The SMILES string of the molecule is COc1ccc(C(C(C)N)N(C)CC2CCCC2)cc1. The first-order chi connectivity index (χ1) is 9.61. The third-order valence-corrected chi connectivity index (χ3v) is 4.45. The fourth-order valence-corrected chi connectivity index (χ4v) is 3.47. The summed E-state index contributed by atoms with van der Waals surface area (Å²) in [5.74, 6) is 1.75. The topological polar surface area (TPSA) is 38.5 Å². The largest absolute Gasteiger partial charge is 0.497 e. The Morgan fingerprint density at radius 2 is 1.85 bits per heavy atom. The second-order valence-electron chi connectivity index (χ2n) is 6.17. The minimum Gasteiger partial charge on any atom is -0.497 e. The Morgan fingerprint density at radius 3 is 2.35 bits per heavy atom. The van der Waals surface area contributed by atoms with Crippen molar-refractivity contribution < 1.29 is 4.74 Å². The number of methoxy groups -OCH3 is 1. The zero-order valence-electron chi connectivity index (χ0n) is 13.0. The zero-order chi connectivity index (χ0) is 14.5. The summed E-state index contributed by atoms with van der Waals surface area (Å²) < 4.78 is 5.23. The van der Waals surface area contributed by atoms with E-state index in [1.807, 2.05) is 12.1 Å². The molecule has 0 radical (unpaired) electrons. The van der Waals surface area contributed by atoms with Crippen molar-refractivity contribution in [3.8, 4) is 5.75 Å². The molecule has 3 heteroatoms. The lowest BCUT2D eigenvalue weighted by Crippen LogP contribution is -2.39. The molecule has 2 rings (SSSR count). The number of rotatable bonds is 6. The van der Waals surface area contributed by atoms with Gasteiger partial charge in [-0.15, -0.1) is 0 Å². The lowest BCUT2D eigenvalue weighted by Gasteiger charge is -2.33. The summed E-state index contributed by atoms with van der Waals surface area (Å²) in [6.07, 6.45) is 5.53. The van der Waals surface area contributed by atoms with E-state index in [1.54, 1.807) is 7.11 Å². The lowest BCUT2D eigenvalue weighted by atomic mass is 9.97. The van der Waals surface area contributed by atoms with Gasteiger partial charge in [0.05, 0.1) is 7.11 Å². The Morgan fingerprint density at radius 1 is 1.25 bits per heavy atom. The van der Waals surface area contributed by atoms with E-state index in [0.717, 1.165) is 18.2 Å². The molecule has 0 spiro atoms. The van der Waals surface area contributed by atoms with Crippen molar-refractivity contribution in [1.29, 1.82) is 0 Å². The highest BCUT2D eigenvalue weighted by Gasteiger charge is 2.25. The van der Waals surface area contributed by atoms with Crippen LogP contribution in [-0.2, 0) is 0 Å². The summed E-state index contributed by atoms with van der Waals surface area (Å²) in [6.45, 7) is 3.25. The molecule has 1 aliphatic rings. The summed E-state index contributed by atoms with van der Waals surface area (Å²) >= 11 is 0. The van der Waals surface area contributed by atoms with Crippen LogP contribution in [0.4, 0.5) is 0 Å². The van der Waals surface area contributed by atoms with Crippen LogP contribution in [0.5, 0.6) is 5.75 Å². The Hall–Kier alpha value is -1.06. The van der Waals surface area contributed by atoms with E-state index < -0.39 is 0 Å². The van der Waals surface area contributed by atoms with Crippen molar-refractivity contribution >= 4 is 0 Å². The van der Waals surface area contributed by atoms with E-state index in [1.165, 1.54) is 31.2 Å². The summed E-state index contributed by atoms with van der Waals surface area (Å²) in [6, 6.07) is 8.72. The summed E-state index contributed by atoms with van der Waals surface area (Å²) in [4.78, 5) is 2.43. The van der Waals surface area contributed by atoms with Crippen molar-refractivity contribution in [1.82, 2.24) is 4.90 Å². The van der Waals surface area contributed by atoms with Gasteiger partial charge in [0.1, 0.15) is 5.75 Å². The highest BCUT2D eigenvalue weighted by atomic mass is 16.5. The number of benzene rings is 1. The van der Waals surface area contributed by atoms with Gasteiger partial charge in [0.2, 0.25) is 0 Å². The second-order valence-corrected chi connectivity index (χ2v) is 6.17. The van der Waals surface area contributed by atoms with E-state index in [9.17, 15) is 0 Å². The molecule has 1 fully saturated rings. The summed E-state index contributed by atoms with van der Waals surface area (Å²) in [5, 5.41) is 0. The van der Waals surface area contributed by atoms with E-state index in [2.05, 4.69) is 31.0 Å². The molecule has 0 saturated heterocycles. The van der Waals surface area contributed by atoms with Crippen molar-refractivity contribution in [3.05, 3.63) is 29.8 Å². The molecule has 112 valence electrons. The van der Waals surface area contributed by atoms with Gasteiger partial charge in [-0.05, 0) is 50.4 Å². The molecule has 2 N–H and O–H groups in total. The number of hydrogen-bond acceptors (Lipinski definition) is 3. The van der Waals surface area contributed by atoms with Crippen LogP contribution in [0.1, 0.15) is 44.2 Å². The van der Waals surface area contributed by atoms with Crippen LogP contribution >= 0.6 is 0 Å². The molecular formula is C17H28N2O. The smallest absolute Gasteiger partial charge is 0.118 e. The highest BCUT2D eigenvalue weighted by molar-refractivity contribution is 5.29. The lowest BCUT2D eigenvalue weighted by molar-refractivity contribution is 0.188. The fraction of sp³-hybridized carbons (Fsp3) is 0.647. The standard InChI is InChI=1S/C17H28N2O/c1-13(18)17(15-8-10-16(20-3)11-9-15)19(2)12-14-6-4-5-7-14/h8-11,13-14,17H,4-7,12,18H2,1-3H3. The van der Waals surface area contributed by atoms with E-state index in [0.29, 0.717) is 0 Å². The molecule has 1 saturated carbocycles. The van der Waals surface area contributed by atoms with E-state index in [-0.39, 0.29) is 12.1 Å². The average molecular weight is 276 g/mol. The fourth-order valence-electron chi connectivity index (χ4n) is 3.47.